The molecule has 0 bridgehead atoms. The Hall–Kier alpha value is -7.98. The Morgan fingerprint density at radius 2 is 0.810 bits per heavy atom. The fourth-order valence-corrected chi connectivity index (χ4v) is 11.2. The smallest absolute Gasteiger partial charge is 0.0541 e. The number of benzene rings is 11. The van der Waals surface area contributed by atoms with Gasteiger partial charge in [0.2, 0.25) is 0 Å². The molecular weight excluding hydrogens is 781 g/mol. The van der Waals surface area contributed by atoms with Crippen LogP contribution in [0.1, 0.15) is 0 Å². The first kappa shape index (κ1) is 35.7. The Labute approximate surface area is 368 Å². The van der Waals surface area contributed by atoms with Gasteiger partial charge in [0.1, 0.15) is 0 Å². The number of nitrogens with zero attached hydrogens (tertiary/aromatic N) is 2. The first-order valence-corrected chi connectivity index (χ1v) is 22.4. The lowest BCUT2D eigenvalue weighted by atomic mass is 10.00. The van der Waals surface area contributed by atoms with E-state index in [4.69, 9.17) is 0 Å². The number of para-hydroxylation sites is 2. The summed E-state index contributed by atoms with van der Waals surface area (Å²) < 4.78 is 5.06. The van der Waals surface area contributed by atoms with Crippen molar-refractivity contribution in [1.82, 2.24) is 4.57 Å². The van der Waals surface area contributed by atoms with E-state index in [9.17, 15) is 0 Å². The second-order valence-corrected chi connectivity index (χ2v) is 17.6. The summed E-state index contributed by atoms with van der Waals surface area (Å²) in [4.78, 5) is 2.39. The van der Waals surface area contributed by atoms with Gasteiger partial charge >= 0.3 is 0 Å². The summed E-state index contributed by atoms with van der Waals surface area (Å²) in [6.45, 7) is 0. The molecule has 3 heteroatoms. The van der Waals surface area contributed by atoms with Gasteiger partial charge in [-0.15, -0.1) is 11.3 Å². The minimum absolute atomic E-state index is 1.10. The zero-order valence-electron chi connectivity index (χ0n) is 34.2. The van der Waals surface area contributed by atoms with E-state index in [0.29, 0.717) is 0 Å². The largest absolute Gasteiger partial charge is 0.310 e. The highest BCUT2D eigenvalue weighted by Crippen LogP contribution is 2.42. The molecule has 0 N–H and O–H groups in total. The molecule has 0 aliphatic carbocycles. The Balaban J connectivity index is 0.898. The predicted octanol–water partition coefficient (Wildman–Crippen LogP) is 17.4. The van der Waals surface area contributed by atoms with Crippen LogP contribution in [0, 0.1) is 0 Å². The van der Waals surface area contributed by atoms with E-state index in [-0.39, 0.29) is 0 Å². The van der Waals surface area contributed by atoms with Crippen molar-refractivity contribution >= 4 is 103 Å². The molecular formula is C60H38N2S. The van der Waals surface area contributed by atoms with Crippen molar-refractivity contribution in [1.29, 1.82) is 0 Å². The number of rotatable bonds is 6. The highest BCUT2D eigenvalue weighted by Gasteiger charge is 2.17. The third kappa shape index (κ3) is 5.85. The third-order valence-electron chi connectivity index (χ3n) is 13.0. The van der Waals surface area contributed by atoms with Crippen LogP contribution in [0.5, 0.6) is 0 Å². The minimum Gasteiger partial charge on any atom is -0.310 e. The molecule has 13 rings (SSSR count). The van der Waals surface area contributed by atoms with Gasteiger partial charge in [0.25, 0.3) is 0 Å². The molecule has 294 valence electrons. The van der Waals surface area contributed by atoms with Crippen LogP contribution in [-0.2, 0) is 0 Å². The van der Waals surface area contributed by atoms with Gasteiger partial charge in [0, 0.05) is 53.7 Å². The molecule has 0 radical (unpaired) electrons. The lowest BCUT2D eigenvalue weighted by Crippen LogP contribution is -2.09. The van der Waals surface area contributed by atoms with Crippen LogP contribution < -0.4 is 4.90 Å². The monoisotopic (exact) mass is 818 g/mol. The van der Waals surface area contributed by atoms with Crippen molar-refractivity contribution in [2.45, 2.75) is 0 Å². The molecule has 11 aromatic carbocycles. The summed E-state index contributed by atoms with van der Waals surface area (Å²) in [6, 6.07) is 84.7. The summed E-state index contributed by atoms with van der Waals surface area (Å²) in [7, 11) is 0. The van der Waals surface area contributed by atoms with Gasteiger partial charge in [-0.3, -0.25) is 0 Å². The molecule has 13 aromatic rings. The Morgan fingerprint density at radius 3 is 1.51 bits per heavy atom. The summed E-state index contributed by atoms with van der Waals surface area (Å²) in [5.74, 6) is 0. The van der Waals surface area contributed by atoms with Crippen LogP contribution >= 0.6 is 11.3 Å². The molecule has 0 fully saturated rings. The number of hydrogen-bond acceptors (Lipinski definition) is 2. The van der Waals surface area contributed by atoms with Gasteiger partial charge in [-0.2, -0.15) is 0 Å². The van der Waals surface area contributed by atoms with Gasteiger partial charge in [-0.25, -0.2) is 0 Å². The first-order valence-electron chi connectivity index (χ1n) is 21.6. The topological polar surface area (TPSA) is 8.17 Å². The molecule has 0 atom stereocenters. The number of anilines is 3. The summed E-state index contributed by atoms with van der Waals surface area (Å²) >= 11 is 1.89. The average molecular weight is 819 g/mol. The van der Waals surface area contributed by atoms with E-state index in [2.05, 4.69) is 240 Å². The van der Waals surface area contributed by atoms with Crippen LogP contribution in [0.3, 0.4) is 0 Å². The SMILES string of the molecule is c1cc(-c2ccc(N(c3ccc(-c4ccc5c(c4)sc4c6ccccc6ccc54)cc3)c3ccc4ccc5ccccc5c4c3)cc2)cc(-n2c3ccccc3c3ccccc32)c1. The Bertz CT molecular complexity index is 3860. The molecule has 0 saturated heterocycles. The standard InChI is InChI=1S/C60H38N2S/c1-3-14-50-41(10-1)20-21-43-26-33-49(38-56(43)50)61(47-31-24-40(25-32-47)45-28-34-54-55-35-27-42-11-2-4-15-51(42)60(55)63-59(54)37-45)46-29-22-39(23-30-46)44-12-9-13-48(36-44)62-57-18-7-5-16-52(57)53-17-6-8-19-58(53)62/h1-38H. The molecule has 0 saturated carbocycles. The van der Waals surface area contributed by atoms with Crippen molar-refractivity contribution in [2.24, 2.45) is 0 Å². The lowest BCUT2D eigenvalue weighted by Gasteiger charge is -2.26. The van der Waals surface area contributed by atoms with E-state index in [0.717, 1.165) is 22.7 Å². The molecule has 0 unspecified atom stereocenters. The van der Waals surface area contributed by atoms with E-state index in [1.807, 2.05) is 11.3 Å². The van der Waals surface area contributed by atoms with Gasteiger partial charge in [-0.1, -0.05) is 164 Å². The van der Waals surface area contributed by atoms with Gasteiger partial charge < -0.3 is 9.47 Å². The zero-order chi connectivity index (χ0) is 41.4. The van der Waals surface area contributed by atoms with E-state index in [1.54, 1.807) is 0 Å². The van der Waals surface area contributed by atoms with Crippen molar-refractivity contribution in [2.75, 3.05) is 4.90 Å². The maximum atomic E-state index is 2.39. The number of aromatic nitrogens is 1. The molecule has 0 spiro atoms. The molecule has 0 aliphatic rings. The van der Waals surface area contributed by atoms with Crippen molar-refractivity contribution in [3.63, 3.8) is 0 Å². The highest BCUT2D eigenvalue weighted by atomic mass is 32.1. The minimum atomic E-state index is 1.10. The molecule has 2 aromatic heterocycles. The van der Waals surface area contributed by atoms with Crippen LogP contribution in [0.4, 0.5) is 17.1 Å². The van der Waals surface area contributed by atoms with Gasteiger partial charge in [-0.05, 0) is 121 Å². The first-order chi connectivity index (χ1) is 31.2. The maximum Gasteiger partial charge on any atom is 0.0541 e. The van der Waals surface area contributed by atoms with Crippen LogP contribution in [-0.4, -0.2) is 4.57 Å². The van der Waals surface area contributed by atoms with E-state index < -0.39 is 0 Å². The molecule has 2 nitrogen and oxygen atoms in total. The maximum absolute atomic E-state index is 2.39. The third-order valence-corrected chi connectivity index (χ3v) is 14.2. The van der Waals surface area contributed by atoms with Crippen LogP contribution in [0.25, 0.3) is 102 Å². The summed E-state index contributed by atoms with van der Waals surface area (Å²) in [6.07, 6.45) is 0. The van der Waals surface area contributed by atoms with Crippen molar-refractivity contribution in [3.8, 4) is 27.9 Å². The average Bonchev–Trinajstić information content (AvgIpc) is 3.90. The van der Waals surface area contributed by atoms with Gasteiger partial charge in [0.15, 0.2) is 0 Å². The zero-order valence-corrected chi connectivity index (χ0v) is 35.1. The van der Waals surface area contributed by atoms with Crippen LogP contribution in [0.15, 0.2) is 231 Å². The van der Waals surface area contributed by atoms with Crippen molar-refractivity contribution in [3.05, 3.63) is 231 Å². The van der Waals surface area contributed by atoms with E-state index >= 15 is 0 Å². The lowest BCUT2D eigenvalue weighted by molar-refractivity contribution is 1.18. The number of hydrogen-bond donors (Lipinski definition) is 0. The molecule has 2 heterocycles. The fourth-order valence-electron chi connectivity index (χ4n) is 9.89. The van der Waals surface area contributed by atoms with Gasteiger partial charge in [0.05, 0.1) is 11.0 Å². The number of fused-ring (bicyclic) bond motifs is 11. The molecule has 63 heavy (non-hydrogen) atoms. The van der Waals surface area contributed by atoms with Crippen molar-refractivity contribution < 1.29 is 0 Å². The Morgan fingerprint density at radius 1 is 0.302 bits per heavy atom. The predicted molar refractivity (Wildman–Crippen MR) is 272 cm³/mol. The van der Waals surface area contributed by atoms with Crippen LogP contribution in [0.2, 0.25) is 0 Å². The fraction of sp³-hybridized carbons (Fsp3) is 0. The summed E-state index contributed by atoms with van der Waals surface area (Å²) in [5.41, 5.74) is 11.7. The number of thiophene rings is 1. The second-order valence-electron chi connectivity index (χ2n) is 16.5. The molecule has 0 amide bonds. The molecule has 0 aliphatic heterocycles. The van der Waals surface area contributed by atoms with E-state index in [1.165, 1.54) is 96.5 Å². The second kappa shape index (κ2) is 14.3. The quantitative estimate of drug-likeness (QED) is 0.152. The normalized spacial score (nSPS) is 11.8. The Kier molecular flexibility index (Phi) is 8.12. The summed E-state index contributed by atoms with van der Waals surface area (Å²) in [5, 5.41) is 12.8. The highest BCUT2D eigenvalue weighted by molar-refractivity contribution is 7.26.